The zero-order chi connectivity index (χ0) is 24.4. The molecule has 0 fully saturated rings. The van der Waals surface area contributed by atoms with Crippen LogP contribution < -0.4 is 10.9 Å². The van der Waals surface area contributed by atoms with Gasteiger partial charge in [0.2, 0.25) is 0 Å². The molecule has 5 rings (SSSR count). The van der Waals surface area contributed by atoms with Crippen molar-refractivity contribution in [1.29, 1.82) is 0 Å². The Balaban J connectivity index is 1.30. The zero-order valence-corrected chi connectivity index (χ0v) is 18.4. The molecular formula is C26H19F2N5O2. The van der Waals surface area contributed by atoms with Gasteiger partial charge in [0.15, 0.2) is 17.3 Å². The Labute approximate surface area is 198 Å². The number of pyridine rings is 2. The van der Waals surface area contributed by atoms with Gasteiger partial charge in [-0.2, -0.15) is 5.10 Å². The summed E-state index contributed by atoms with van der Waals surface area (Å²) in [6.07, 6.45) is 4.86. The van der Waals surface area contributed by atoms with Crippen LogP contribution in [0.1, 0.15) is 21.5 Å². The Bertz CT molecular complexity index is 1610. The summed E-state index contributed by atoms with van der Waals surface area (Å²) < 4.78 is 29.7. The Morgan fingerprint density at radius 3 is 2.66 bits per heavy atom. The third-order valence-electron chi connectivity index (χ3n) is 5.59. The third kappa shape index (κ3) is 4.70. The van der Waals surface area contributed by atoms with E-state index in [0.29, 0.717) is 5.56 Å². The number of aromatic nitrogens is 4. The molecule has 1 N–H and O–H groups in total. The molecule has 0 aliphatic rings. The van der Waals surface area contributed by atoms with Gasteiger partial charge in [0.05, 0.1) is 6.54 Å². The number of fused-ring (bicyclic) bond motifs is 1. The molecule has 1 amide bonds. The van der Waals surface area contributed by atoms with E-state index in [1.807, 2.05) is 42.6 Å². The van der Waals surface area contributed by atoms with Crippen molar-refractivity contribution in [2.24, 2.45) is 0 Å². The molecule has 5 aromatic rings. The molecule has 0 aliphatic heterocycles. The van der Waals surface area contributed by atoms with Crippen LogP contribution in [0.5, 0.6) is 0 Å². The molecule has 3 heterocycles. The first kappa shape index (κ1) is 22.1. The number of carbonyl (C=O) groups excluding carboxylic acids is 1. The summed E-state index contributed by atoms with van der Waals surface area (Å²) in [6, 6.07) is 17.9. The van der Waals surface area contributed by atoms with Crippen molar-refractivity contribution in [3.63, 3.8) is 0 Å². The highest BCUT2D eigenvalue weighted by molar-refractivity contribution is 5.93. The first-order valence-corrected chi connectivity index (χ1v) is 10.8. The zero-order valence-electron chi connectivity index (χ0n) is 18.4. The summed E-state index contributed by atoms with van der Waals surface area (Å²) in [5.74, 6) is -2.48. The van der Waals surface area contributed by atoms with E-state index in [1.165, 1.54) is 29.2 Å². The van der Waals surface area contributed by atoms with Crippen molar-refractivity contribution in [1.82, 2.24) is 24.5 Å². The average Bonchev–Trinajstić information content (AvgIpc) is 3.34. The lowest BCUT2D eigenvalue weighted by Crippen LogP contribution is -2.32. The van der Waals surface area contributed by atoms with E-state index in [0.717, 1.165) is 34.5 Å². The minimum absolute atomic E-state index is 0.00924. The van der Waals surface area contributed by atoms with Crippen LogP contribution >= 0.6 is 0 Å². The van der Waals surface area contributed by atoms with Gasteiger partial charge in [0.1, 0.15) is 11.9 Å². The van der Waals surface area contributed by atoms with Crippen LogP contribution in [0.25, 0.3) is 16.8 Å². The molecule has 9 heteroatoms. The number of rotatable bonds is 6. The summed E-state index contributed by atoms with van der Waals surface area (Å²) in [7, 11) is 0. The van der Waals surface area contributed by atoms with Crippen LogP contribution in [0.3, 0.4) is 0 Å². The van der Waals surface area contributed by atoms with Crippen LogP contribution in [-0.4, -0.2) is 25.1 Å². The summed E-state index contributed by atoms with van der Waals surface area (Å²) in [5.41, 5.74) is 3.34. The van der Waals surface area contributed by atoms with Gasteiger partial charge in [-0.05, 0) is 59.2 Å². The van der Waals surface area contributed by atoms with E-state index < -0.39 is 23.1 Å². The van der Waals surface area contributed by atoms with E-state index in [-0.39, 0.29) is 18.7 Å². The predicted octanol–water partition coefficient (Wildman–Crippen LogP) is 3.81. The van der Waals surface area contributed by atoms with Crippen molar-refractivity contribution in [3.8, 4) is 11.1 Å². The van der Waals surface area contributed by atoms with Crippen LogP contribution in [0, 0.1) is 11.6 Å². The summed E-state index contributed by atoms with van der Waals surface area (Å²) in [6.45, 7) is 0.227. The first-order chi connectivity index (χ1) is 17.0. The summed E-state index contributed by atoms with van der Waals surface area (Å²) in [5, 5.41) is 6.93. The van der Waals surface area contributed by atoms with E-state index in [4.69, 9.17) is 0 Å². The lowest BCUT2D eigenvalue weighted by atomic mass is 10.0. The molecule has 0 aliphatic carbocycles. The fourth-order valence-electron chi connectivity index (χ4n) is 3.79. The SMILES string of the molecule is O=C(NCc1cccc(-c2ccc3ncnn3c2)c1)c1cccn(Cc2ccc(F)c(F)c2)c1=O. The number of carbonyl (C=O) groups is 1. The van der Waals surface area contributed by atoms with Gasteiger partial charge >= 0.3 is 0 Å². The van der Waals surface area contributed by atoms with Crippen molar-refractivity contribution in [2.45, 2.75) is 13.1 Å². The molecule has 0 saturated heterocycles. The number of halogens is 2. The molecule has 0 bridgehead atoms. The molecule has 3 aromatic heterocycles. The van der Waals surface area contributed by atoms with Gasteiger partial charge in [-0.1, -0.05) is 24.3 Å². The second-order valence-corrected chi connectivity index (χ2v) is 7.97. The van der Waals surface area contributed by atoms with Gasteiger partial charge in [-0.3, -0.25) is 9.59 Å². The minimum atomic E-state index is -0.993. The van der Waals surface area contributed by atoms with E-state index in [9.17, 15) is 18.4 Å². The summed E-state index contributed by atoms with van der Waals surface area (Å²) in [4.78, 5) is 29.7. The number of benzene rings is 2. The number of nitrogens with zero attached hydrogens (tertiary/aromatic N) is 4. The molecule has 174 valence electrons. The molecular weight excluding hydrogens is 452 g/mol. The highest BCUT2D eigenvalue weighted by Gasteiger charge is 2.13. The number of amides is 1. The predicted molar refractivity (Wildman–Crippen MR) is 126 cm³/mol. The molecule has 0 radical (unpaired) electrons. The number of hydrogen-bond donors (Lipinski definition) is 1. The molecule has 0 spiro atoms. The van der Waals surface area contributed by atoms with Crippen molar-refractivity contribution in [2.75, 3.05) is 0 Å². The highest BCUT2D eigenvalue weighted by Crippen LogP contribution is 2.21. The van der Waals surface area contributed by atoms with E-state index in [1.54, 1.807) is 10.6 Å². The quantitative estimate of drug-likeness (QED) is 0.408. The number of nitrogens with one attached hydrogen (secondary N) is 1. The Morgan fingerprint density at radius 1 is 0.914 bits per heavy atom. The standard InChI is InChI=1S/C26H19F2N5O2/c27-22-8-6-18(12-23(22)28)14-32-10-2-5-21(26(32)35)25(34)29-13-17-3-1-4-19(11-17)20-7-9-24-30-16-31-33(24)15-20/h1-12,15-16H,13-14H2,(H,29,34). The van der Waals surface area contributed by atoms with Crippen molar-refractivity contribution in [3.05, 3.63) is 124 Å². The van der Waals surface area contributed by atoms with E-state index >= 15 is 0 Å². The Morgan fingerprint density at radius 2 is 1.80 bits per heavy atom. The van der Waals surface area contributed by atoms with Gasteiger partial charge in [-0.25, -0.2) is 18.3 Å². The maximum Gasteiger partial charge on any atom is 0.263 e. The van der Waals surface area contributed by atoms with Crippen molar-refractivity contribution >= 4 is 11.6 Å². The fraction of sp³-hybridized carbons (Fsp3) is 0.0769. The Kier molecular flexibility index (Phi) is 5.88. The third-order valence-corrected chi connectivity index (χ3v) is 5.59. The van der Waals surface area contributed by atoms with Crippen LogP contribution in [0.4, 0.5) is 8.78 Å². The van der Waals surface area contributed by atoms with Crippen LogP contribution in [0.2, 0.25) is 0 Å². The monoisotopic (exact) mass is 471 g/mol. The maximum atomic E-state index is 13.5. The average molecular weight is 471 g/mol. The second-order valence-electron chi connectivity index (χ2n) is 7.97. The van der Waals surface area contributed by atoms with Gasteiger partial charge in [-0.15, -0.1) is 0 Å². The lowest BCUT2D eigenvalue weighted by molar-refractivity contribution is 0.0949. The molecule has 0 unspecified atom stereocenters. The van der Waals surface area contributed by atoms with E-state index in [2.05, 4.69) is 15.4 Å². The largest absolute Gasteiger partial charge is 0.348 e. The number of hydrogen-bond acceptors (Lipinski definition) is 4. The molecule has 2 aromatic carbocycles. The van der Waals surface area contributed by atoms with Crippen molar-refractivity contribution < 1.29 is 13.6 Å². The Hall–Kier alpha value is -4.66. The van der Waals surface area contributed by atoms with Gasteiger partial charge in [0, 0.05) is 24.5 Å². The lowest BCUT2D eigenvalue weighted by Gasteiger charge is -2.10. The molecule has 0 saturated carbocycles. The maximum absolute atomic E-state index is 13.5. The smallest absolute Gasteiger partial charge is 0.263 e. The summed E-state index contributed by atoms with van der Waals surface area (Å²) >= 11 is 0. The van der Waals surface area contributed by atoms with Crippen LogP contribution in [-0.2, 0) is 13.1 Å². The van der Waals surface area contributed by atoms with Gasteiger partial charge in [0.25, 0.3) is 11.5 Å². The van der Waals surface area contributed by atoms with Crippen LogP contribution in [0.15, 0.2) is 90.2 Å². The minimum Gasteiger partial charge on any atom is -0.348 e. The fourth-order valence-corrected chi connectivity index (χ4v) is 3.79. The normalized spacial score (nSPS) is 11.0. The molecule has 35 heavy (non-hydrogen) atoms. The first-order valence-electron chi connectivity index (χ1n) is 10.8. The topological polar surface area (TPSA) is 81.3 Å². The molecule has 0 atom stereocenters. The highest BCUT2D eigenvalue weighted by atomic mass is 19.2. The molecule has 7 nitrogen and oxygen atoms in total. The van der Waals surface area contributed by atoms with Gasteiger partial charge < -0.3 is 9.88 Å². The second kappa shape index (κ2) is 9.30.